The molecule has 0 bridgehead atoms. The van der Waals surface area contributed by atoms with Crippen LogP contribution in [0.25, 0.3) is 0 Å². The van der Waals surface area contributed by atoms with Crippen molar-refractivity contribution in [3.63, 3.8) is 0 Å². The predicted octanol–water partition coefficient (Wildman–Crippen LogP) is 5.47. The zero-order chi connectivity index (χ0) is 22.7. The fraction of sp³-hybridized carbons (Fsp3) is 0.200. The maximum atomic E-state index is 13.0. The average Bonchev–Trinajstić information content (AvgIpc) is 3.56. The molecule has 1 N–H and O–H groups in total. The van der Waals surface area contributed by atoms with E-state index >= 15 is 0 Å². The third-order valence-corrected chi connectivity index (χ3v) is 6.30. The number of nitrogens with zero attached hydrogens (tertiary/aromatic N) is 1. The molecule has 0 saturated heterocycles. The molecular formula is C25H22Cl2N2O3. The van der Waals surface area contributed by atoms with Gasteiger partial charge in [-0.2, -0.15) is 5.10 Å². The summed E-state index contributed by atoms with van der Waals surface area (Å²) in [5.41, 5.74) is 5.10. The number of hydrazone groups is 1. The molecule has 0 aliphatic heterocycles. The molecule has 0 heterocycles. The zero-order valence-corrected chi connectivity index (χ0v) is 19.2. The van der Waals surface area contributed by atoms with Crippen LogP contribution < -0.4 is 14.9 Å². The number of hydrogen-bond acceptors (Lipinski definition) is 4. The Hall–Kier alpha value is -3.02. The Morgan fingerprint density at radius 2 is 1.50 bits per heavy atom. The van der Waals surface area contributed by atoms with Crippen LogP contribution in [0.15, 0.2) is 71.8 Å². The van der Waals surface area contributed by atoms with Crippen LogP contribution in [0.4, 0.5) is 0 Å². The van der Waals surface area contributed by atoms with Crippen LogP contribution in [0.2, 0.25) is 10.0 Å². The number of rotatable bonds is 7. The zero-order valence-electron chi connectivity index (χ0n) is 17.6. The first-order valence-electron chi connectivity index (χ1n) is 10.0. The lowest BCUT2D eigenvalue weighted by atomic mass is 9.85. The molecule has 32 heavy (non-hydrogen) atoms. The molecule has 5 nitrogen and oxygen atoms in total. The van der Waals surface area contributed by atoms with Gasteiger partial charge >= 0.3 is 0 Å². The van der Waals surface area contributed by atoms with E-state index in [1.165, 1.54) is 0 Å². The van der Waals surface area contributed by atoms with Gasteiger partial charge in [0.05, 0.1) is 26.4 Å². The molecule has 7 heteroatoms. The number of methoxy groups -OCH3 is 2. The summed E-state index contributed by atoms with van der Waals surface area (Å²) in [7, 11) is 3.15. The largest absolute Gasteiger partial charge is 0.493 e. The van der Waals surface area contributed by atoms with Crippen molar-refractivity contribution in [2.24, 2.45) is 11.0 Å². The van der Waals surface area contributed by atoms with Gasteiger partial charge in [0.2, 0.25) is 5.91 Å². The number of carbonyl (C=O) groups excluding carboxylic acids is 1. The molecular weight excluding hydrogens is 447 g/mol. The summed E-state index contributed by atoms with van der Waals surface area (Å²) < 4.78 is 10.5. The van der Waals surface area contributed by atoms with Gasteiger partial charge < -0.3 is 9.47 Å². The van der Waals surface area contributed by atoms with E-state index < -0.39 is 5.41 Å². The van der Waals surface area contributed by atoms with Gasteiger partial charge in [0.1, 0.15) is 0 Å². The lowest BCUT2D eigenvalue weighted by Crippen LogP contribution is -2.25. The molecule has 3 aromatic rings. The summed E-state index contributed by atoms with van der Waals surface area (Å²) in [5, 5.41) is 5.46. The molecule has 0 aromatic heterocycles. The van der Waals surface area contributed by atoms with Gasteiger partial charge in [0.15, 0.2) is 11.5 Å². The number of nitrogens with one attached hydrogen (secondary N) is 1. The third kappa shape index (κ3) is 4.31. The number of benzene rings is 3. The highest BCUT2D eigenvalue weighted by molar-refractivity contribution is 6.30. The normalized spacial score (nSPS) is 16.6. The van der Waals surface area contributed by atoms with Crippen molar-refractivity contribution in [1.29, 1.82) is 0 Å². The molecule has 1 amide bonds. The number of carbonyl (C=O) groups is 1. The van der Waals surface area contributed by atoms with E-state index in [4.69, 9.17) is 32.7 Å². The molecule has 1 aliphatic rings. The molecule has 0 spiro atoms. The number of hydrogen-bond donors (Lipinski definition) is 1. The molecule has 1 aliphatic carbocycles. The first-order valence-corrected chi connectivity index (χ1v) is 10.8. The Balaban J connectivity index is 1.53. The van der Waals surface area contributed by atoms with Gasteiger partial charge in [-0.15, -0.1) is 0 Å². The van der Waals surface area contributed by atoms with Gasteiger partial charge in [-0.3, -0.25) is 4.79 Å². The van der Waals surface area contributed by atoms with E-state index in [9.17, 15) is 4.79 Å². The highest BCUT2D eigenvalue weighted by Gasteiger charge is 2.60. The molecule has 4 rings (SSSR count). The fourth-order valence-electron chi connectivity index (χ4n) is 4.06. The van der Waals surface area contributed by atoms with Crippen LogP contribution >= 0.6 is 23.2 Å². The minimum Gasteiger partial charge on any atom is -0.493 e. The molecule has 1 fully saturated rings. The van der Waals surface area contributed by atoms with Crippen LogP contribution in [0.1, 0.15) is 23.1 Å². The molecule has 0 radical (unpaired) electrons. The fourth-order valence-corrected chi connectivity index (χ4v) is 4.31. The van der Waals surface area contributed by atoms with Crippen LogP contribution in [0.5, 0.6) is 11.5 Å². The Bertz CT molecular complexity index is 1100. The monoisotopic (exact) mass is 468 g/mol. The summed E-state index contributed by atoms with van der Waals surface area (Å²) in [6, 6.07) is 20.7. The van der Waals surface area contributed by atoms with Crippen molar-refractivity contribution in [2.45, 2.75) is 11.8 Å². The van der Waals surface area contributed by atoms with Gasteiger partial charge in [-0.1, -0.05) is 47.5 Å². The standard InChI is InChI=1S/C25H22Cl2N2O3/c1-31-22-12-3-16(13-23(22)32-2)15-28-29-24(30)21-14-25(21,17-4-8-19(26)9-5-17)18-6-10-20(27)11-7-18/h3-13,15,21H,14H2,1-2H3,(H,29,30)/b28-15-/t21-/m0/s1. The van der Waals surface area contributed by atoms with Crippen molar-refractivity contribution in [3.8, 4) is 11.5 Å². The van der Waals surface area contributed by atoms with Crippen LogP contribution in [0, 0.1) is 5.92 Å². The van der Waals surface area contributed by atoms with Crippen LogP contribution in [-0.2, 0) is 10.2 Å². The molecule has 1 atom stereocenters. The van der Waals surface area contributed by atoms with Crippen molar-refractivity contribution in [1.82, 2.24) is 5.43 Å². The Morgan fingerprint density at radius 3 is 2.03 bits per heavy atom. The second-order valence-electron chi connectivity index (χ2n) is 7.59. The smallest absolute Gasteiger partial charge is 0.244 e. The van der Waals surface area contributed by atoms with Gasteiger partial charge in [0.25, 0.3) is 0 Å². The summed E-state index contributed by atoms with van der Waals surface area (Å²) in [5.74, 6) is 0.816. The Labute approximate surface area is 197 Å². The number of ether oxygens (including phenoxy) is 2. The lowest BCUT2D eigenvalue weighted by molar-refractivity contribution is -0.122. The van der Waals surface area contributed by atoms with Crippen LogP contribution in [-0.4, -0.2) is 26.3 Å². The summed E-state index contributed by atoms with van der Waals surface area (Å²) in [6.45, 7) is 0. The van der Waals surface area contributed by atoms with Gasteiger partial charge in [-0.05, 0) is 65.6 Å². The second kappa shape index (κ2) is 9.23. The Kier molecular flexibility index (Phi) is 6.40. The third-order valence-electron chi connectivity index (χ3n) is 5.79. The van der Waals surface area contributed by atoms with Gasteiger partial charge in [-0.25, -0.2) is 5.43 Å². The minimum atomic E-state index is -0.432. The highest BCUT2D eigenvalue weighted by Crippen LogP contribution is 2.59. The quantitative estimate of drug-likeness (QED) is 0.369. The van der Waals surface area contributed by atoms with Crippen LogP contribution in [0.3, 0.4) is 0 Å². The van der Waals surface area contributed by atoms with Crippen molar-refractivity contribution < 1.29 is 14.3 Å². The number of amides is 1. The van der Waals surface area contributed by atoms with E-state index in [-0.39, 0.29) is 11.8 Å². The highest BCUT2D eigenvalue weighted by atomic mass is 35.5. The van der Waals surface area contributed by atoms with E-state index in [0.29, 0.717) is 28.0 Å². The number of halogens is 2. The van der Waals surface area contributed by atoms with Gasteiger partial charge in [0, 0.05) is 15.5 Å². The maximum Gasteiger partial charge on any atom is 0.244 e. The molecule has 164 valence electrons. The molecule has 1 saturated carbocycles. The summed E-state index contributed by atoms with van der Waals surface area (Å²) >= 11 is 12.2. The summed E-state index contributed by atoms with van der Waals surface area (Å²) in [4.78, 5) is 13.0. The molecule has 3 aromatic carbocycles. The predicted molar refractivity (Wildman–Crippen MR) is 127 cm³/mol. The summed E-state index contributed by atoms with van der Waals surface area (Å²) in [6.07, 6.45) is 2.25. The lowest BCUT2D eigenvalue weighted by Gasteiger charge is -2.19. The maximum absolute atomic E-state index is 13.0. The average molecular weight is 469 g/mol. The van der Waals surface area contributed by atoms with Crippen molar-refractivity contribution >= 4 is 35.3 Å². The van der Waals surface area contributed by atoms with Crippen molar-refractivity contribution in [3.05, 3.63) is 93.5 Å². The topological polar surface area (TPSA) is 59.9 Å². The minimum absolute atomic E-state index is 0.147. The molecule has 0 unspecified atom stereocenters. The first-order chi connectivity index (χ1) is 15.5. The second-order valence-corrected chi connectivity index (χ2v) is 8.46. The van der Waals surface area contributed by atoms with Crippen molar-refractivity contribution in [2.75, 3.05) is 14.2 Å². The Morgan fingerprint density at radius 1 is 0.938 bits per heavy atom. The van der Waals surface area contributed by atoms with E-state index in [0.717, 1.165) is 16.7 Å². The van der Waals surface area contributed by atoms with E-state index in [1.807, 2.05) is 54.6 Å². The van der Waals surface area contributed by atoms with E-state index in [2.05, 4.69) is 10.5 Å². The SMILES string of the molecule is COc1ccc(/C=N\NC(=O)[C@@H]2CC2(c2ccc(Cl)cc2)c2ccc(Cl)cc2)cc1OC. The van der Waals surface area contributed by atoms with E-state index in [1.54, 1.807) is 32.6 Å². The first kappa shape index (κ1) is 22.2.